The Morgan fingerprint density at radius 2 is 2.27 bits per heavy atom. The fourth-order valence-corrected chi connectivity index (χ4v) is 2.74. The van der Waals surface area contributed by atoms with E-state index in [0.717, 1.165) is 12.1 Å². The summed E-state index contributed by atoms with van der Waals surface area (Å²) >= 11 is 0. The van der Waals surface area contributed by atoms with Crippen molar-refractivity contribution in [3.63, 3.8) is 0 Å². The number of hydrogen-bond acceptors (Lipinski definition) is 3. The van der Waals surface area contributed by atoms with Gasteiger partial charge in [0.1, 0.15) is 5.82 Å². The quantitative estimate of drug-likeness (QED) is 0.907. The molecule has 0 bridgehead atoms. The molecule has 0 saturated carbocycles. The molecular formula is C15H18ClFN4O. The molecule has 3 rings (SSSR count). The highest BCUT2D eigenvalue weighted by molar-refractivity contribution is 5.93. The van der Waals surface area contributed by atoms with Crippen LogP contribution in [0.5, 0.6) is 0 Å². The van der Waals surface area contributed by atoms with Gasteiger partial charge in [-0.25, -0.2) is 4.39 Å². The molecule has 1 aliphatic rings. The third-order valence-electron chi connectivity index (χ3n) is 3.80. The van der Waals surface area contributed by atoms with Gasteiger partial charge in [-0.05, 0) is 23.8 Å². The van der Waals surface area contributed by atoms with Crippen molar-refractivity contribution in [3.05, 3.63) is 48.0 Å². The first-order chi connectivity index (χ1) is 10.1. The SMILES string of the molecule is Cl.Cn1cc([C@H]2CNC[C@@H]2C(=O)Nc2cccc(F)c2)cn1. The molecule has 1 aromatic carbocycles. The van der Waals surface area contributed by atoms with Gasteiger partial charge in [0.05, 0.1) is 12.1 Å². The summed E-state index contributed by atoms with van der Waals surface area (Å²) in [5.41, 5.74) is 1.53. The predicted molar refractivity (Wildman–Crippen MR) is 84.6 cm³/mol. The van der Waals surface area contributed by atoms with Crippen LogP contribution < -0.4 is 10.6 Å². The lowest BCUT2D eigenvalue weighted by atomic mass is 9.90. The zero-order valence-electron chi connectivity index (χ0n) is 12.1. The maximum Gasteiger partial charge on any atom is 0.229 e. The Labute approximate surface area is 134 Å². The van der Waals surface area contributed by atoms with Crippen molar-refractivity contribution in [3.8, 4) is 0 Å². The van der Waals surface area contributed by atoms with E-state index in [4.69, 9.17) is 0 Å². The lowest BCUT2D eigenvalue weighted by molar-refractivity contribution is -0.119. The standard InChI is InChI=1S/C15H17FN4O.ClH/c1-20-9-10(6-18-20)13-7-17-8-14(13)15(21)19-12-4-2-3-11(16)5-12;/h2-6,9,13-14,17H,7-8H2,1H3,(H,19,21);1H/t13-,14+;/m1./s1. The highest BCUT2D eigenvalue weighted by Crippen LogP contribution is 2.28. The zero-order chi connectivity index (χ0) is 14.8. The number of carbonyl (C=O) groups excluding carboxylic acids is 1. The van der Waals surface area contributed by atoms with E-state index in [9.17, 15) is 9.18 Å². The number of carbonyl (C=O) groups is 1. The van der Waals surface area contributed by atoms with E-state index in [2.05, 4.69) is 15.7 Å². The number of aryl methyl sites for hydroxylation is 1. The van der Waals surface area contributed by atoms with E-state index in [1.807, 2.05) is 13.2 Å². The second-order valence-electron chi connectivity index (χ2n) is 5.32. The first-order valence-electron chi connectivity index (χ1n) is 6.89. The Morgan fingerprint density at radius 1 is 1.45 bits per heavy atom. The molecule has 7 heteroatoms. The summed E-state index contributed by atoms with van der Waals surface area (Å²) in [4.78, 5) is 12.4. The molecule has 0 unspecified atom stereocenters. The minimum absolute atomic E-state index is 0. The molecule has 1 amide bonds. The van der Waals surface area contributed by atoms with Crippen LogP contribution in [-0.4, -0.2) is 28.8 Å². The average molecular weight is 325 g/mol. The summed E-state index contributed by atoms with van der Waals surface area (Å²) < 4.78 is 14.9. The van der Waals surface area contributed by atoms with Gasteiger partial charge in [0.15, 0.2) is 0 Å². The highest BCUT2D eigenvalue weighted by atomic mass is 35.5. The molecule has 0 aliphatic carbocycles. The lowest BCUT2D eigenvalue weighted by Gasteiger charge is -2.17. The number of benzene rings is 1. The van der Waals surface area contributed by atoms with E-state index in [1.165, 1.54) is 12.1 Å². The normalized spacial score (nSPS) is 20.5. The van der Waals surface area contributed by atoms with Crippen molar-refractivity contribution in [1.29, 1.82) is 0 Å². The summed E-state index contributed by atoms with van der Waals surface area (Å²) in [5.74, 6) is -0.551. The van der Waals surface area contributed by atoms with Gasteiger partial charge in [0.25, 0.3) is 0 Å². The van der Waals surface area contributed by atoms with Gasteiger partial charge >= 0.3 is 0 Å². The van der Waals surface area contributed by atoms with Crippen LogP contribution in [0.4, 0.5) is 10.1 Å². The second kappa shape index (κ2) is 6.89. The van der Waals surface area contributed by atoms with Crippen LogP contribution in [0.15, 0.2) is 36.7 Å². The molecule has 5 nitrogen and oxygen atoms in total. The summed E-state index contributed by atoms with van der Waals surface area (Å²) in [6.07, 6.45) is 3.72. The molecule has 0 radical (unpaired) electrons. The van der Waals surface area contributed by atoms with Crippen LogP contribution in [0.3, 0.4) is 0 Å². The highest BCUT2D eigenvalue weighted by Gasteiger charge is 2.34. The van der Waals surface area contributed by atoms with Crippen molar-refractivity contribution >= 4 is 24.0 Å². The Hall–Kier alpha value is -1.92. The Kier molecular flexibility index (Phi) is 5.15. The van der Waals surface area contributed by atoms with Crippen LogP contribution >= 0.6 is 12.4 Å². The number of halogens is 2. The monoisotopic (exact) mass is 324 g/mol. The van der Waals surface area contributed by atoms with Gasteiger partial charge < -0.3 is 10.6 Å². The maximum atomic E-state index is 13.2. The minimum Gasteiger partial charge on any atom is -0.326 e. The number of aromatic nitrogens is 2. The van der Waals surface area contributed by atoms with Crippen LogP contribution in [-0.2, 0) is 11.8 Å². The summed E-state index contributed by atoms with van der Waals surface area (Å²) in [6, 6.07) is 5.93. The summed E-state index contributed by atoms with van der Waals surface area (Å²) in [6.45, 7) is 1.35. The Balaban J connectivity index is 0.00000176. The molecule has 2 N–H and O–H groups in total. The van der Waals surface area contributed by atoms with Crippen molar-refractivity contribution in [2.24, 2.45) is 13.0 Å². The number of amides is 1. The third-order valence-corrected chi connectivity index (χ3v) is 3.80. The fourth-order valence-electron chi connectivity index (χ4n) is 2.74. The molecule has 1 aromatic heterocycles. The van der Waals surface area contributed by atoms with E-state index in [1.54, 1.807) is 23.0 Å². The van der Waals surface area contributed by atoms with Gasteiger partial charge in [-0.3, -0.25) is 9.48 Å². The number of nitrogens with one attached hydrogen (secondary N) is 2. The molecule has 2 heterocycles. The Morgan fingerprint density at radius 3 is 2.95 bits per heavy atom. The first-order valence-corrected chi connectivity index (χ1v) is 6.89. The molecule has 1 fully saturated rings. The van der Waals surface area contributed by atoms with Crippen LogP contribution in [0, 0.1) is 11.7 Å². The largest absolute Gasteiger partial charge is 0.326 e. The molecule has 118 valence electrons. The van der Waals surface area contributed by atoms with Crippen molar-refractivity contribution in [1.82, 2.24) is 15.1 Å². The zero-order valence-corrected chi connectivity index (χ0v) is 12.9. The van der Waals surface area contributed by atoms with Gasteiger partial charge in [0, 0.05) is 37.9 Å². The Bertz CT molecular complexity index is 660. The maximum absolute atomic E-state index is 13.2. The summed E-state index contributed by atoms with van der Waals surface area (Å²) in [5, 5.41) is 10.2. The molecule has 1 aliphatic heterocycles. The smallest absolute Gasteiger partial charge is 0.229 e. The van der Waals surface area contributed by atoms with Gasteiger partial charge in [0.2, 0.25) is 5.91 Å². The molecular weight excluding hydrogens is 307 g/mol. The van der Waals surface area contributed by atoms with E-state index < -0.39 is 0 Å². The lowest BCUT2D eigenvalue weighted by Crippen LogP contribution is -2.28. The molecule has 1 saturated heterocycles. The number of anilines is 1. The van der Waals surface area contributed by atoms with Gasteiger partial charge in [-0.1, -0.05) is 6.07 Å². The van der Waals surface area contributed by atoms with E-state index in [-0.39, 0.29) is 36.0 Å². The third kappa shape index (κ3) is 3.45. The fraction of sp³-hybridized carbons (Fsp3) is 0.333. The molecule has 22 heavy (non-hydrogen) atoms. The molecule has 2 atom stereocenters. The van der Waals surface area contributed by atoms with Gasteiger partial charge in [-0.15, -0.1) is 12.4 Å². The molecule has 2 aromatic rings. The van der Waals surface area contributed by atoms with Gasteiger partial charge in [-0.2, -0.15) is 5.10 Å². The van der Waals surface area contributed by atoms with Crippen molar-refractivity contribution in [2.75, 3.05) is 18.4 Å². The second-order valence-corrected chi connectivity index (χ2v) is 5.32. The van der Waals surface area contributed by atoms with E-state index in [0.29, 0.717) is 12.2 Å². The predicted octanol–water partition coefficient (Wildman–Crippen LogP) is 1.92. The number of hydrogen-bond donors (Lipinski definition) is 2. The first kappa shape index (κ1) is 16.5. The average Bonchev–Trinajstić information content (AvgIpc) is 3.06. The van der Waals surface area contributed by atoms with Crippen molar-refractivity contribution < 1.29 is 9.18 Å². The topological polar surface area (TPSA) is 59.0 Å². The summed E-state index contributed by atoms with van der Waals surface area (Å²) in [7, 11) is 1.85. The number of nitrogens with zero attached hydrogens (tertiary/aromatic N) is 2. The minimum atomic E-state index is -0.360. The van der Waals surface area contributed by atoms with Crippen LogP contribution in [0.25, 0.3) is 0 Å². The van der Waals surface area contributed by atoms with Crippen molar-refractivity contribution in [2.45, 2.75) is 5.92 Å². The number of rotatable bonds is 3. The molecule has 0 spiro atoms. The van der Waals surface area contributed by atoms with Crippen LogP contribution in [0.1, 0.15) is 11.5 Å². The van der Waals surface area contributed by atoms with Crippen LogP contribution in [0.2, 0.25) is 0 Å². The van der Waals surface area contributed by atoms with E-state index >= 15 is 0 Å².